The van der Waals surface area contributed by atoms with Gasteiger partial charge in [0.25, 0.3) is 0 Å². The van der Waals surface area contributed by atoms with Crippen LogP contribution in [0.5, 0.6) is 0 Å². The van der Waals surface area contributed by atoms with Crippen LogP contribution in [-0.4, -0.2) is 137 Å². The lowest BCUT2D eigenvalue weighted by Crippen LogP contribution is -2.41. The number of carbonyl (C=O) groups is 7. The van der Waals surface area contributed by atoms with Crippen molar-refractivity contribution in [3.05, 3.63) is 0 Å². The molecular weight excluding hydrogens is 758 g/mol. The van der Waals surface area contributed by atoms with Crippen molar-refractivity contribution in [1.29, 1.82) is 0 Å². The number of ether oxygens (including phenoxy) is 4. The number of hydrogen-bond donors (Lipinski definition) is 7. The summed E-state index contributed by atoms with van der Waals surface area (Å²) >= 11 is 0. The molecule has 0 aromatic carbocycles. The smallest absolute Gasteiger partial charge is 0.326 e. The lowest BCUT2D eigenvalue weighted by Gasteiger charge is -2.14. The van der Waals surface area contributed by atoms with Gasteiger partial charge in [-0.15, -0.1) is 0 Å². The predicted molar refractivity (Wildman–Crippen MR) is 216 cm³/mol. The molecule has 0 aliphatic rings. The Labute approximate surface area is 344 Å². The number of aliphatic carboxylic acids is 2. The average Bonchev–Trinajstić information content (AvgIpc) is 3.19. The van der Waals surface area contributed by atoms with Crippen LogP contribution in [0.1, 0.15) is 129 Å². The SMILES string of the molecule is CCC(=O)NCCCCNC(=O)COCCOCCNC(=O)COCCOCCNC(=O)CC[C@H](NC(=O)CCCCCCCCCCCCCCC(=O)O)C(=O)O. The first kappa shape index (κ1) is 54.1. The van der Waals surface area contributed by atoms with Crippen LogP contribution < -0.4 is 26.6 Å². The van der Waals surface area contributed by atoms with Gasteiger partial charge in [0, 0.05) is 51.9 Å². The Bertz CT molecular complexity index is 1130. The minimum Gasteiger partial charge on any atom is -0.481 e. The Morgan fingerprint density at radius 1 is 0.431 bits per heavy atom. The number of amides is 5. The van der Waals surface area contributed by atoms with E-state index in [1.807, 2.05) is 0 Å². The zero-order chi connectivity index (χ0) is 42.9. The van der Waals surface area contributed by atoms with Gasteiger partial charge in [0.1, 0.15) is 19.3 Å². The van der Waals surface area contributed by atoms with E-state index in [0.29, 0.717) is 25.9 Å². The summed E-state index contributed by atoms with van der Waals surface area (Å²) in [5.41, 5.74) is 0. The Kier molecular flexibility index (Phi) is 37.3. The molecule has 0 heterocycles. The van der Waals surface area contributed by atoms with Crippen LogP contribution in [0.4, 0.5) is 0 Å². The second-order valence-electron chi connectivity index (χ2n) is 13.9. The molecule has 0 aromatic rings. The van der Waals surface area contributed by atoms with E-state index >= 15 is 0 Å². The maximum absolute atomic E-state index is 12.3. The number of rotatable bonds is 42. The molecule has 0 saturated carbocycles. The summed E-state index contributed by atoms with van der Waals surface area (Å²) in [5.74, 6) is -3.14. The first-order valence-corrected chi connectivity index (χ1v) is 21.2. The number of hydrogen-bond acceptors (Lipinski definition) is 11. The van der Waals surface area contributed by atoms with E-state index in [0.717, 1.165) is 64.2 Å². The van der Waals surface area contributed by atoms with Crippen molar-refractivity contribution >= 4 is 41.5 Å². The highest BCUT2D eigenvalue weighted by atomic mass is 16.5. The van der Waals surface area contributed by atoms with Gasteiger partial charge in [-0.2, -0.15) is 0 Å². The topological polar surface area (TPSA) is 257 Å². The van der Waals surface area contributed by atoms with Gasteiger partial charge in [-0.05, 0) is 32.1 Å². The van der Waals surface area contributed by atoms with E-state index in [1.165, 1.54) is 19.3 Å². The molecule has 7 N–H and O–H groups in total. The third-order valence-corrected chi connectivity index (χ3v) is 8.75. The minimum atomic E-state index is -1.19. The maximum atomic E-state index is 12.3. The number of unbranched alkanes of at least 4 members (excludes halogenated alkanes) is 12. The van der Waals surface area contributed by atoms with Gasteiger partial charge in [-0.3, -0.25) is 28.8 Å². The summed E-state index contributed by atoms with van der Waals surface area (Å²) < 4.78 is 21.3. The van der Waals surface area contributed by atoms with E-state index in [4.69, 9.17) is 24.1 Å². The highest BCUT2D eigenvalue weighted by Crippen LogP contribution is 2.13. The largest absolute Gasteiger partial charge is 0.481 e. The molecule has 18 heteroatoms. The van der Waals surface area contributed by atoms with E-state index in [2.05, 4.69) is 26.6 Å². The minimum absolute atomic E-state index is 0.0106. The number of nitrogens with one attached hydrogen (secondary N) is 5. The van der Waals surface area contributed by atoms with Crippen molar-refractivity contribution in [1.82, 2.24) is 26.6 Å². The third-order valence-electron chi connectivity index (χ3n) is 8.75. The molecule has 0 bridgehead atoms. The van der Waals surface area contributed by atoms with E-state index in [9.17, 15) is 38.7 Å². The first-order valence-electron chi connectivity index (χ1n) is 21.2. The standard InChI is InChI=1S/C40H73N5O13/c1-2-34(46)41-21-15-16-22-42-37(49)31-57-29-28-56-26-24-44-38(50)32-58-30-27-55-25-23-43-35(47)20-19-33(40(53)54)45-36(48)17-13-11-9-7-5-3-4-6-8-10-12-14-18-39(51)52/h33H,2-32H2,1H3,(H,41,46)(H,42,49)(H,43,47)(H,44,50)(H,45,48)(H,51,52)(H,53,54)/t33-/m0/s1. The Balaban J connectivity index is 3.64. The molecule has 5 amide bonds. The first-order chi connectivity index (χ1) is 28.0. The summed E-state index contributed by atoms with van der Waals surface area (Å²) in [6, 6.07) is -1.14. The van der Waals surface area contributed by atoms with E-state index in [1.54, 1.807) is 6.92 Å². The molecule has 0 spiro atoms. The van der Waals surface area contributed by atoms with Crippen LogP contribution >= 0.6 is 0 Å². The quantitative estimate of drug-likeness (QED) is 0.0437. The highest BCUT2D eigenvalue weighted by molar-refractivity contribution is 5.84. The van der Waals surface area contributed by atoms with Crippen LogP contribution in [0.15, 0.2) is 0 Å². The summed E-state index contributed by atoms with van der Waals surface area (Å²) in [4.78, 5) is 81.4. The van der Waals surface area contributed by atoms with Crippen LogP contribution in [0.2, 0.25) is 0 Å². The molecule has 0 unspecified atom stereocenters. The van der Waals surface area contributed by atoms with E-state index in [-0.39, 0.29) is 121 Å². The molecule has 18 nitrogen and oxygen atoms in total. The van der Waals surface area contributed by atoms with Crippen LogP contribution in [0.3, 0.4) is 0 Å². The van der Waals surface area contributed by atoms with Crippen LogP contribution in [0.25, 0.3) is 0 Å². The fourth-order valence-electron chi connectivity index (χ4n) is 5.44. The normalized spacial score (nSPS) is 11.4. The molecule has 58 heavy (non-hydrogen) atoms. The zero-order valence-corrected chi connectivity index (χ0v) is 34.9. The van der Waals surface area contributed by atoms with Crippen molar-refractivity contribution in [2.24, 2.45) is 0 Å². The number of carbonyl (C=O) groups excluding carboxylic acids is 5. The molecular formula is C40H73N5O13. The van der Waals surface area contributed by atoms with Gasteiger partial charge >= 0.3 is 11.9 Å². The third kappa shape index (κ3) is 39.0. The summed E-state index contributed by atoms with van der Waals surface area (Å²) in [5, 5.41) is 31.5. The lowest BCUT2D eigenvalue weighted by atomic mass is 10.0. The van der Waals surface area contributed by atoms with Crippen molar-refractivity contribution in [2.75, 3.05) is 79.0 Å². The Morgan fingerprint density at radius 3 is 1.31 bits per heavy atom. The van der Waals surface area contributed by atoms with E-state index < -0.39 is 18.0 Å². The average molecular weight is 832 g/mol. The van der Waals surface area contributed by atoms with Gasteiger partial charge in [0.2, 0.25) is 29.5 Å². The molecule has 1 atom stereocenters. The van der Waals surface area contributed by atoms with Crippen molar-refractivity contribution in [3.8, 4) is 0 Å². The molecule has 0 saturated heterocycles. The van der Waals surface area contributed by atoms with Gasteiger partial charge in [-0.1, -0.05) is 71.1 Å². The lowest BCUT2D eigenvalue weighted by molar-refractivity contribution is -0.142. The molecule has 0 aliphatic carbocycles. The fourth-order valence-corrected chi connectivity index (χ4v) is 5.44. The monoisotopic (exact) mass is 832 g/mol. The molecule has 0 fully saturated rings. The van der Waals surface area contributed by atoms with Gasteiger partial charge in [-0.25, -0.2) is 4.79 Å². The molecule has 0 radical (unpaired) electrons. The highest BCUT2D eigenvalue weighted by Gasteiger charge is 2.20. The number of carboxylic acid groups (broad SMARTS) is 2. The second-order valence-corrected chi connectivity index (χ2v) is 13.9. The summed E-state index contributed by atoms with van der Waals surface area (Å²) in [7, 11) is 0. The number of carboxylic acids is 2. The molecule has 0 rings (SSSR count). The Morgan fingerprint density at radius 2 is 0.845 bits per heavy atom. The molecule has 336 valence electrons. The Hall–Kier alpha value is -3.87. The molecule has 0 aliphatic heterocycles. The fraction of sp³-hybridized carbons (Fsp3) is 0.825. The van der Waals surface area contributed by atoms with Gasteiger partial charge < -0.3 is 55.7 Å². The van der Waals surface area contributed by atoms with Crippen molar-refractivity contribution < 1.29 is 62.7 Å². The maximum Gasteiger partial charge on any atom is 0.326 e. The zero-order valence-electron chi connectivity index (χ0n) is 34.9. The van der Waals surface area contributed by atoms with Crippen LogP contribution in [0, 0.1) is 0 Å². The van der Waals surface area contributed by atoms with Crippen molar-refractivity contribution in [3.63, 3.8) is 0 Å². The predicted octanol–water partition coefficient (Wildman–Crippen LogP) is 2.60. The van der Waals surface area contributed by atoms with Crippen LogP contribution in [-0.2, 0) is 52.5 Å². The van der Waals surface area contributed by atoms with Gasteiger partial charge in [0.15, 0.2) is 0 Å². The second kappa shape index (κ2) is 39.9. The summed E-state index contributed by atoms with van der Waals surface area (Å²) in [6.45, 7) is 4.48. The molecule has 0 aromatic heterocycles. The summed E-state index contributed by atoms with van der Waals surface area (Å²) in [6.07, 6.45) is 14.7. The van der Waals surface area contributed by atoms with Crippen molar-refractivity contribution in [2.45, 2.75) is 135 Å². The van der Waals surface area contributed by atoms with Gasteiger partial charge in [0.05, 0.1) is 39.6 Å².